The zero-order chi connectivity index (χ0) is 16.9. The summed E-state index contributed by atoms with van der Waals surface area (Å²) in [5, 5.41) is 12.1. The highest BCUT2D eigenvalue weighted by molar-refractivity contribution is 5.94. The number of aliphatic carboxylic acids is 1. The van der Waals surface area contributed by atoms with Crippen LogP contribution in [0.3, 0.4) is 0 Å². The van der Waals surface area contributed by atoms with E-state index in [0.717, 1.165) is 25.9 Å². The van der Waals surface area contributed by atoms with E-state index >= 15 is 0 Å². The SMILES string of the molecule is O=C(NC1CCC(C(=O)O)CC1)c1ccc(N2CCCCC2)cc1. The van der Waals surface area contributed by atoms with Gasteiger partial charge in [0.2, 0.25) is 0 Å². The summed E-state index contributed by atoms with van der Waals surface area (Å²) in [7, 11) is 0. The van der Waals surface area contributed by atoms with Crippen LogP contribution in [0.5, 0.6) is 0 Å². The van der Waals surface area contributed by atoms with E-state index in [-0.39, 0.29) is 17.9 Å². The van der Waals surface area contributed by atoms with E-state index in [0.29, 0.717) is 18.4 Å². The minimum Gasteiger partial charge on any atom is -0.481 e. The fraction of sp³-hybridized carbons (Fsp3) is 0.579. The number of hydrogen-bond acceptors (Lipinski definition) is 3. The van der Waals surface area contributed by atoms with E-state index in [2.05, 4.69) is 10.2 Å². The normalized spacial score (nSPS) is 24.4. The maximum absolute atomic E-state index is 12.4. The van der Waals surface area contributed by atoms with Gasteiger partial charge in [0.25, 0.3) is 5.91 Å². The molecule has 0 aromatic heterocycles. The smallest absolute Gasteiger partial charge is 0.306 e. The van der Waals surface area contributed by atoms with Crippen LogP contribution in [0.15, 0.2) is 24.3 Å². The fourth-order valence-corrected chi connectivity index (χ4v) is 3.73. The molecule has 1 aromatic rings. The van der Waals surface area contributed by atoms with Crippen molar-refractivity contribution in [1.82, 2.24) is 5.32 Å². The lowest BCUT2D eigenvalue weighted by atomic mass is 9.86. The van der Waals surface area contributed by atoms with Gasteiger partial charge in [0.1, 0.15) is 0 Å². The highest BCUT2D eigenvalue weighted by Crippen LogP contribution is 2.25. The van der Waals surface area contributed by atoms with Gasteiger partial charge in [-0.3, -0.25) is 9.59 Å². The summed E-state index contributed by atoms with van der Waals surface area (Å²) in [6.45, 7) is 2.19. The Kier molecular flexibility index (Phi) is 5.38. The number of carboxylic acids is 1. The van der Waals surface area contributed by atoms with E-state index in [4.69, 9.17) is 5.11 Å². The van der Waals surface area contributed by atoms with Crippen molar-refractivity contribution in [3.05, 3.63) is 29.8 Å². The highest BCUT2D eigenvalue weighted by atomic mass is 16.4. The van der Waals surface area contributed by atoms with Gasteiger partial charge in [-0.1, -0.05) is 0 Å². The maximum atomic E-state index is 12.4. The Bertz CT molecular complexity index is 571. The number of benzene rings is 1. The van der Waals surface area contributed by atoms with E-state index in [1.807, 2.05) is 24.3 Å². The number of amides is 1. The molecule has 1 saturated carbocycles. The molecule has 2 aliphatic rings. The second-order valence-electron chi connectivity index (χ2n) is 6.95. The molecule has 0 atom stereocenters. The average Bonchev–Trinajstić information content (AvgIpc) is 2.63. The molecular formula is C19H26N2O3. The maximum Gasteiger partial charge on any atom is 0.306 e. The summed E-state index contributed by atoms with van der Waals surface area (Å²) < 4.78 is 0. The van der Waals surface area contributed by atoms with Gasteiger partial charge in [-0.15, -0.1) is 0 Å². The molecule has 1 aromatic carbocycles. The summed E-state index contributed by atoms with van der Waals surface area (Å²) in [6.07, 6.45) is 6.56. The van der Waals surface area contributed by atoms with Gasteiger partial charge in [0.15, 0.2) is 0 Å². The van der Waals surface area contributed by atoms with Gasteiger partial charge in [0, 0.05) is 30.4 Å². The third-order valence-corrected chi connectivity index (χ3v) is 5.26. The first-order valence-electron chi connectivity index (χ1n) is 9.02. The molecule has 1 aliphatic carbocycles. The molecule has 2 N–H and O–H groups in total. The summed E-state index contributed by atoms with van der Waals surface area (Å²) in [5.41, 5.74) is 1.87. The third-order valence-electron chi connectivity index (χ3n) is 5.26. The largest absolute Gasteiger partial charge is 0.481 e. The van der Waals surface area contributed by atoms with Crippen molar-refractivity contribution in [1.29, 1.82) is 0 Å². The Labute approximate surface area is 143 Å². The minimum absolute atomic E-state index is 0.0565. The van der Waals surface area contributed by atoms with Crippen molar-refractivity contribution < 1.29 is 14.7 Å². The molecule has 0 radical (unpaired) electrons. The number of carbonyl (C=O) groups excluding carboxylic acids is 1. The monoisotopic (exact) mass is 330 g/mol. The van der Waals surface area contributed by atoms with Gasteiger partial charge >= 0.3 is 5.97 Å². The van der Waals surface area contributed by atoms with Crippen LogP contribution < -0.4 is 10.2 Å². The molecule has 130 valence electrons. The van der Waals surface area contributed by atoms with Crippen LogP contribution in [0, 0.1) is 5.92 Å². The second kappa shape index (κ2) is 7.69. The standard InChI is InChI=1S/C19H26N2O3/c22-18(20-16-8-4-15(5-9-16)19(23)24)14-6-10-17(11-7-14)21-12-2-1-3-13-21/h6-7,10-11,15-16H,1-5,8-9,12-13H2,(H,20,22)(H,23,24). The molecule has 0 bridgehead atoms. The first-order valence-corrected chi connectivity index (χ1v) is 9.02. The van der Waals surface area contributed by atoms with Crippen LogP contribution in [-0.4, -0.2) is 36.1 Å². The average molecular weight is 330 g/mol. The third kappa shape index (κ3) is 4.08. The van der Waals surface area contributed by atoms with Crippen molar-refractivity contribution in [3.63, 3.8) is 0 Å². The molecule has 3 rings (SSSR count). The van der Waals surface area contributed by atoms with E-state index < -0.39 is 5.97 Å². The number of piperidine rings is 1. The van der Waals surface area contributed by atoms with Gasteiger partial charge in [-0.25, -0.2) is 0 Å². The number of carbonyl (C=O) groups is 2. The van der Waals surface area contributed by atoms with Crippen LogP contribution in [0.25, 0.3) is 0 Å². The number of nitrogens with one attached hydrogen (secondary N) is 1. The zero-order valence-corrected chi connectivity index (χ0v) is 14.0. The van der Waals surface area contributed by atoms with Gasteiger partial charge in [-0.2, -0.15) is 0 Å². The zero-order valence-electron chi connectivity index (χ0n) is 14.0. The molecule has 5 nitrogen and oxygen atoms in total. The van der Waals surface area contributed by atoms with Crippen molar-refractivity contribution in [3.8, 4) is 0 Å². The number of hydrogen-bond donors (Lipinski definition) is 2. The first-order chi connectivity index (χ1) is 11.6. The minimum atomic E-state index is -0.715. The Morgan fingerprint density at radius 2 is 1.58 bits per heavy atom. The van der Waals surface area contributed by atoms with Gasteiger partial charge < -0.3 is 15.3 Å². The Hall–Kier alpha value is -2.04. The molecule has 0 spiro atoms. The predicted molar refractivity (Wildman–Crippen MR) is 93.4 cm³/mol. The van der Waals surface area contributed by atoms with Crippen LogP contribution in [-0.2, 0) is 4.79 Å². The first kappa shape index (κ1) is 16.8. The van der Waals surface area contributed by atoms with Crippen LogP contribution in [0.2, 0.25) is 0 Å². The number of nitrogens with zero attached hydrogens (tertiary/aromatic N) is 1. The molecule has 2 fully saturated rings. The Morgan fingerprint density at radius 1 is 0.958 bits per heavy atom. The Balaban J connectivity index is 1.53. The lowest BCUT2D eigenvalue weighted by Gasteiger charge is -2.29. The predicted octanol–water partition coefficient (Wildman–Crippen LogP) is 3.05. The molecule has 0 unspecified atom stereocenters. The lowest BCUT2D eigenvalue weighted by molar-refractivity contribution is -0.142. The molecule has 24 heavy (non-hydrogen) atoms. The van der Waals surface area contributed by atoms with Gasteiger partial charge in [-0.05, 0) is 69.2 Å². The second-order valence-corrected chi connectivity index (χ2v) is 6.95. The van der Waals surface area contributed by atoms with Crippen molar-refractivity contribution in [2.24, 2.45) is 5.92 Å². The number of anilines is 1. The number of rotatable bonds is 4. The topological polar surface area (TPSA) is 69.6 Å². The van der Waals surface area contributed by atoms with Crippen LogP contribution in [0.4, 0.5) is 5.69 Å². The van der Waals surface area contributed by atoms with Gasteiger partial charge in [0.05, 0.1) is 5.92 Å². The van der Waals surface area contributed by atoms with E-state index in [1.54, 1.807) is 0 Å². The van der Waals surface area contributed by atoms with Crippen molar-refractivity contribution in [2.45, 2.75) is 51.0 Å². The van der Waals surface area contributed by atoms with E-state index in [1.165, 1.54) is 24.9 Å². The van der Waals surface area contributed by atoms with Crippen molar-refractivity contribution >= 4 is 17.6 Å². The highest BCUT2D eigenvalue weighted by Gasteiger charge is 2.26. The Morgan fingerprint density at radius 3 is 2.17 bits per heavy atom. The van der Waals surface area contributed by atoms with Crippen LogP contribution in [0.1, 0.15) is 55.3 Å². The molecule has 1 aliphatic heterocycles. The number of carboxylic acid groups (broad SMARTS) is 1. The molecule has 1 heterocycles. The molecule has 1 saturated heterocycles. The molecular weight excluding hydrogens is 304 g/mol. The molecule has 1 amide bonds. The molecule has 5 heteroatoms. The lowest BCUT2D eigenvalue weighted by Crippen LogP contribution is -2.38. The fourth-order valence-electron chi connectivity index (χ4n) is 3.73. The van der Waals surface area contributed by atoms with Crippen molar-refractivity contribution in [2.75, 3.05) is 18.0 Å². The summed E-state index contributed by atoms with van der Waals surface area (Å²) in [5.74, 6) is -1.02. The quantitative estimate of drug-likeness (QED) is 0.890. The summed E-state index contributed by atoms with van der Waals surface area (Å²) in [6, 6.07) is 7.93. The van der Waals surface area contributed by atoms with E-state index in [9.17, 15) is 9.59 Å². The van der Waals surface area contributed by atoms with Crippen LogP contribution >= 0.6 is 0 Å². The summed E-state index contributed by atoms with van der Waals surface area (Å²) >= 11 is 0. The summed E-state index contributed by atoms with van der Waals surface area (Å²) in [4.78, 5) is 25.7.